The van der Waals surface area contributed by atoms with Gasteiger partial charge in [-0.05, 0) is 6.08 Å². The van der Waals surface area contributed by atoms with Crippen LogP contribution in [-0.4, -0.2) is 12.0 Å². The lowest BCUT2D eigenvalue weighted by Gasteiger charge is -1.86. The summed E-state index contributed by atoms with van der Waals surface area (Å²) in [7, 11) is 0. The molecule has 0 saturated heterocycles. The van der Waals surface area contributed by atoms with Gasteiger partial charge >= 0.3 is 0 Å². The molecule has 2 nitrogen and oxygen atoms in total. The van der Waals surface area contributed by atoms with Crippen molar-refractivity contribution in [3.05, 3.63) is 11.8 Å². The number of hydrogen-bond acceptors (Lipinski definition) is 2. The summed E-state index contributed by atoms with van der Waals surface area (Å²) < 4.78 is 0. The number of nitrogens with zero attached hydrogens (tertiary/aromatic N) is 1. The Labute approximate surface area is 54.3 Å². The van der Waals surface area contributed by atoms with Gasteiger partial charge in [0.2, 0.25) is 0 Å². The van der Waals surface area contributed by atoms with Gasteiger partial charge in [0.1, 0.15) is 5.70 Å². The number of Topliss-reactive ketones (excluding diaryl/α,β-unsaturated/α-hetero) is 1. The molecule has 1 aliphatic heterocycles. The van der Waals surface area contributed by atoms with Gasteiger partial charge in [-0.2, -0.15) is 0 Å². The Hall–Kier alpha value is -0.920. The maximum Gasteiger partial charge on any atom is 0.177 e. The van der Waals surface area contributed by atoms with Crippen molar-refractivity contribution in [2.24, 2.45) is 10.9 Å². The molecule has 0 radical (unpaired) electrons. The molecule has 2 heteroatoms. The van der Waals surface area contributed by atoms with Gasteiger partial charge in [0.05, 0.1) is 0 Å². The van der Waals surface area contributed by atoms with Crippen LogP contribution in [-0.2, 0) is 4.79 Å². The predicted molar refractivity (Wildman–Crippen MR) is 36.4 cm³/mol. The van der Waals surface area contributed by atoms with Crippen LogP contribution in [0.1, 0.15) is 13.8 Å². The van der Waals surface area contributed by atoms with E-state index < -0.39 is 0 Å². The van der Waals surface area contributed by atoms with E-state index in [1.54, 1.807) is 6.21 Å². The Morgan fingerprint density at radius 3 is 2.67 bits per heavy atom. The van der Waals surface area contributed by atoms with Gasteiger partial charge in [0.15, 0.2) is 5.78 Å². The fraction of sp³-hybridized carbons (Fsp3) is 0.429. The van der Waals surface area contributed by atoms with Crippen molar-refractivity contribution in [2.45, 2.75) is 13.8 Å². The van der Waals surface area contributed by atoms with Crippen molar-refractivity contribution >= 4 is 12.0 Å². The van der Waals surface area contributed by atoms with Gasteiger partial charge in [-0.3, -0.25) is 9.79 Å². The summed E-state index contributed by atoms with van der Waals surface area (Å²) in [5.74, 6) is 0.388. The zero-order valence-electron chi connectivity index (χ0n) is 5.59. The third-order valence-corrected chi connectivity index (χ3v) is 1.23. The molecule has 0 spiro atoms. The summed E-state index contributed by atoms with van der Waals surface area (Å²) in [6.07, 6.45) is 3.64. The van der Waals surface area contributed by atoms with E-state index in [4.69, 9.17) is 0 Å². The summed E-state index contributed by atoms with van der Waals surface area (Å²) in [6, 6.07) is 0. The number of carbonyl (C=O) groups excluding carboxylic acids is 1. The van der Waals surface area contributed by atoms with Crippen molar-refractivity contribution in [2.75, 3.05) is 0 Å². The molecular weight excluding hydrogens is 114 g/mol. The number of ketones is 1. The summed E-state index contributed by atoms with van der Waals surface area (Å²) in [5, 5.41) is 0. The third kappa shape index (κ3) is 1.25. The lowest BCUT2D eigenvalue weighted by Crippen LogP contribution is -1.89. The minimum atomic E-state index is 0.0515. The van der Waals surface area contributed by atoms with E-state index in [9.17, 15) is 4.79 Å². The molecule has 1 rings (SSSR count). The highest BCUT2D eigenvalue weighted by Gasteiger charge is 2.08. The molecule has 0 fully saturated rings. The first-order chi connectivity index (χ1) is 4.20. The second-order valence-corrected chi connectivity index (χ2v) is 2.25. The van der Waals surface area contributed by atoms with Crippen molar-refractivity contribution in [1.82, 2.24) is 0 Å². The summed E-state index contributed by atoms with van der Waals surface area (Å²) in [4.78, 5) is 14.5. The van der Waals surface area contributed by atoms with Crippen LogP contribution >= 0.6 is 0 Å². The van der Waals surface area contributed by atoms with E-state index in [-0.39, 0.29) is 5.78 Å². The smallest absolute Gasteiger partial charge is 0.177 e. The first-order valence-corrected chi connectivity index (χ1v) is 2.97. The normalized spacial score (nSPS) is 24.2. The highest BCUT2D eigenvalue weighted by Crippen LogP contribution is 2.10. The van der Waals surface area contributed by atoms with Crippen LogP contribution in [0.5, 0.6) is 0 Å². The molecule has 0 aliphatic carbocycles. The van der Waals surface area contributed by atoms with Crippen LogP contribution < -0.4 is 0 Å². The SMILES string of the molecule is CC(=O)C1=CC(C)C=N1. The largest absolute Gasteiger partial charge is 0.293 e. The molecule has 0 saturated carbocycles. The highest BCUT2D eigenvalue weighted by molar-refractivity contribution is 5.96. The topological polar surface area (TPSA) is 29.4 Å². The minimum absolute atomic E-state index is 0.0515. The first kappa shape index (κ1) is 6.20. The Morgan fingerprint density at radius 2 is 2.44 bits per heavy atom. The highest BCUT2D eigenvalue weighted by atomic mass is 16.1. The van der Waals surface area contributed by atoms with Gasteiger partial charge < -0.3 is 0 Å². The van der Waals surface area contributed by atoms with Crippen molar-refractivity contribution in [3.8, 4) is 0 Å². The molecular formula is C7H9NO. The van der Waals surface area contributed by atoms with E-state index in [1.165, 1.54) is 6.92 Å². The average molecular weight is 123 g/mol. The van der Waals surface area contributed by atoms with Gasteiger partial charge in [0, 0.05) is 19.1 Å². The van der Waals surface area contributed by atoms with Crippen LogP contribution in [0.25, 0.3) is 0 Å². The van der Waals surface area contributed by atoms with Crippen LogP contribution in [0, 0.1) is 5.92 Å². The van der Waals surface area contributed by atoms with E-state index in [0.29, 0.717) is 11.6 Å². The summed E-state index contributed by atoms with van der Waals surface area (Å²) in [6.45, 7) is 3.53. The molecule has 0 N–H and O–H groups in total. The van der Waals surface area contributed by atoms with E-state index >= 15 is 0 Å². The number of allylic oxidation sites excluding steroid dienone is 2. The predicted octanol–water partition coefficient (Wildman–Crippen LogP) is 1.18. The average Bonchev–Trinajstić information content (AvgIpc) is 2.14. The molecule has 1 heterocycles. The molecule has 0 aromatic carbocycles. The standard InChI is InChI=1S/C7H9NO/c1-5-3-7(6(2)9)8-4-5/h3-5H,1-2H3. The molecule has 0 bridgehead atoms. The zero-order chi connectivity index (χ0) is 6.85. The minimum Gasteiger partial charge on any atom is -0.293 e. The molecule has 1 unspecified atom stereocenters. The second kappa shape index (κ2) is 2.13. The maximum absolute atomic E-state index is 10.6. The molecule has 0 amide bonds. The van der Waals surface area contributed by atoms with Crippen LogP contribution in [0.4, 0.5) is 0 Å². The molecule has 1 aliphatic rings. The molecule has 48 valence electrons. The van der Waals surface area contributed by atoms with E-state index in [1.807, 2.05) is 13.0 Å². The Balaban J connectivity index is 2.75. The quantitative estimate of drug-likeness (QED) is 0.514. The van der Waals surface area contributed by atoms with Gasteiger partial charge in [-0.15, -0.1) is 0 Å². The maximum atomic E-state index is 10.6. The first-order valence-electron chi connectivity index (χ1n) is 2.97. The van der Waals surface area contributed by atoms with Gasteiger partial charge in [0.25, 0.3) is 0 Å². The van der Waals surface area contributed by atoms with E-state index in [0.717, 1.165) is 0 Å². The number of hydrogen-bond donors (Lipinski definition) is 0. The molecule has 0 aromatic rings. The summed E-state index contributed by atoms with van der Waals surface area (Å²) >= 11 is 0. The lowest BCUT2D eigenvalue weighted by atomic mass is 10.2. The van der Waals surface area contributed by atoms with Crippen LogP contribution in [0.2, 0.25) is 0 Å². The van der Waals surface area contributed by atoms with Crippen LogP contribution in [0.3, 0.4) is 0 Å². The molecule has 1 atom stereocenters. The third-order valence-electron chi connectivity index (χ3n) is 1.23. The monoisotopic (exact) mass is 123 g/mol. The van der Waals surface area contributed by atoms with Gasteiger partial charge in [-0.25, -0.2) is 0 Å². The molecule has 9 heavy (non-hydrogen) atoms. The second-order valence-electron chi connectivity index (χ2n) is 2.25. The molecule has 0 aromatic heterocycles. The fourth-order valence-electron chi connectivity index (χ4n) is 0.741. The zero-order valence-corrected chi connectivity index (χ0v) is 5.59. The Bertz CT molecular complexity index is 191. The van der Waals surface area contributed by atoms with E-state index in [2.05, 4.69) is 4.99 Å². The Morgan fingerprint density at radius 1 is 1.78 bits per heavy atom. The fourth-order valence-corrected chi connectivity index (χ4v) is 0.741. The van der Waals surface area contributed by atoms with Gasteiger partial charge in [-0.1, -0.05) is 6.92 Å². The van der Waals surface area contributed by atoms with Crippen molar-refractivity contribution in [3.63, 3.8) is 0 Å². The van der Waals surface area contributed by atoms with Crippen molar-refractivity contribution < 1.29 is 4.79 Å². The number of aliphatic imine (C=N–C) groups is 1. The number of carbonyl (C=O) groups is 1. The van der Waals surface area contributed by atoms with Crippen LogP contribution in [0.15, 0.2) is 16.8 Å². The number of rotatable bonds is 1. The van der Waals surface area contributed by atoms with Crippen molar-refractivity contribution in [1.29, 1.82) is 0 Å². The Kier molecular flexibility index (Phi) is 1.47. The summed E-state index contributed by atoms with van der Waals surface area (Å²) in [5.41, 5.74) is 0.600. The lowest BCUT2D eigenvalue weighted by molar-refractivity contribution is -0.113.